The van der Waals surface area contributed by atoms with Crippen molar-refractivity contribution in [2.45, 2.75) is 19.6 Å². The van der Waals surface area contributed by atoms with Gasteiger partial charge in [-0.25, -0.2) is 0 Å². The van der Waals surface area contributed by atoms with E-state index in [1.807, 2.05) is 36.4 Å². The van der Waals surface area contributed by atoms with Crippen LogP contribution in [0.4, 0.5) is 0 Å². The Morgan fingerprint density at radius 2 is 1.91 bits per heavy atom. The van der Waals surface area contributed by atoms with E-state index in [0.717, 1.165) is 36.5 Å². The second-order valence-corrected chi connectivity index (χ2v) is 6.11. The molecule has 0 saturated heterocycles. The first-order chi connectivity index (χ1) is 10.8. The van der Waals surface area contributed by atoms with Crippen molar-refractivity contribution in [1.29, 1.82) is 5.26 Å². The summed E-state index contributed by atoms with van der Waals surface area (Å²) in [7, 11) is 0. The van der Waals surface area contributed by atoms with Gasteiger partial charge in [0.05, 0.1) is 24.4 Å². The molecule has 3 rings (SSSR count). The fourth-order valence-electron chi connectivity index (χ4n) is 2.42. The molecule has 110 valence electrons. The molecule has 0 aliphatic carbocycles. The molecule has 3 nitrogen and oxygen atoms in total. The number of hydrogen-bond donors (Lipinski definition) is 0. The summed E-state index contributed by atoms with van der Waals surface area (Å²) in [6, 6.07) is 18.1. The third-order valence-electron chi connectivity index (χ3n) is 3.45. The fourth-order valence-corrected chi connectivity index (χ4v) is 3.17. The van der Waals surface area contributed by atoms with Crippen LogP contribution in [0.15, 0.2) is 64.6 Å². The van der Waals surface area contributed by atoms with Gasteiger partial charge < -0.3 is 4.42 Å². The van der Waals surface area contributed by atoms with Gasteiger partial charge in [0.1, 0.15) is 5.76 Å². The van der Waals surface area contributed by atoms with Gasteiger partial charge in [0.2, 0.25) is 0 Å². The molecule has 2 aromatic heterocycles. The molecule has 3 aromatic rings. The third-order valence-corrected chi connectivity index (χ3v) is 4.31. The number of nitrogens with zero attached hydrogens (tertiary/aromatic N) is 2. The zero-order valence-corrected chi connectivity index (χ0v) is 12.9. The maximum absolute atomic E-state index is 9.26. The smallest absolute Gasteiger partial charge is 0.117 e. The minimum atomic E-state index is 0.725. The number of rotatable bonds is 6. The molecule has 4 heteroatoms. The summed E-state index contributed by atoms with van der Waals surface area (Å²) in [5.41, 5.74) is 1.78. The van der Waals surface area contributed by atoms with Crippen LogP contribution < -0.4 is 0 Å². The van der Waals surface area contributed by atoms with E-state index in [-0.39, 0.29) is 0 Å². The monoisotopic (exact) mass is 308 g/mol. The van der Waals surface area contributed by atoms with Crippen molar-refractivity contribution >= 4 is 11.3 Å². The fraction of sp³-hybridized carbons (Fsp3) is 0.167. The molecule has 0 unspecified atom stereocenters. The van der Waals surface area contributed by atoms with Crippen molar-refractivity contribution in [2.24, 2.45) is 0 Å². The number of hydrogen-bond acceptors (Lipinski definition) is 4. The summed E-state index contributed by atoms with van der Waals surface area (Å²) in [6.07, 6.45) is 1.70. The summed E-state index contributed by atoms with van der Waals surface area (Å²) < 4.78 is 5.47. The van der Waals surface area contributed by atoms with Crippen LogP contribution in [0.5, 0.6) is 0 Å². The average Bonchev–Trinajstić information content (AvgIpc) is 3.21. The van der Waals surface area contributed by atoms with E-state index in [1.54, 1.807) is 17.6 Å². The summed E-state index contributed by atoms with van der Waals surface area (Å²) in [4.78, 5) is 3.60. The molecule has 2 heterocycles. The minimum Gasteiger partial charge on any atom is -0.468 e. The Hall–Kier alpha value is -2.35. The molecule has 0 aliphatic heterocycles. The summed E-state index contributed by atoms with van der Waals surface area (Å²) in [5, 5.41) is 11.3. The van der Waals surface area contributed by atoms with E-state index in [0.29, 0.717) is 0 Å². The predicted molar refractivity (Wildman–Crippen MR) is 87.1 cm³/mol. The lowest BCUT2D eigenvalue weighted by atomic mass is 10.1. The largest absolute Gasteiger partial charge is 0.468 e. The van der Waals surface area contributed by atoms with Crippen LogP contribution in [0, 0.1) is 11.3 Å². The van der Waals surface area contributed by atoms with Gasteiger partial charge in [0, 0.05) is 18.0 Å². The number of nitriles is 1. The van der Waals surface area contributed by atoms with Crippen molar-refractivity contribution in [1.82, 2.24) is 4.90 Å². The lowest BCUT2D eigenvalue weighted by molar-refractivity contribution is 0.228. The molecule has 0 N–H and O–H groups in total. The molecule has 0 aliphatic rings. The van der Waals surface area contributed by atoms with Gasteiger partial charge in [0.15, 0.2) is 0 Å². The maximum atomic E-state index is 9.26. The standard InChI is InChI=1S/C18H16N2OS/c19-11-15-5-1-2-6-16(15)12-20(13-17-7-3-9-21-17)14-18-8-4-10-22-18/h1-10H,12-14H2. The van der Waals surface area contributed by atoms with Crippen LogP contribution in [0.25, 0.3) is 0 Å². The van der Waals surface area contributed by atoms with E-state index in [9.17, 15) is 5.26 Å². The Morgan fingerprint density at radius 3 is 2.64 bits per heavy atom. The Kier molecular flexibility index (Phi) is 4.69. The van der Waals surface area contributed by atoms with Crippen LogP contribution in [0.2, 0.25) is 0 Å². The second kappa shape index (κ2) is 7.08. The lowest BCUT2D eigenvalue weighted by Crippen LogP contribution is -2.22. The molecule has 0 bridgehead atoms. The van der Waals surface area contributed by atoms with E-state index in [4.69, 9.17) is 4.42 Å². The molecule has 0 saturated carbocycles. The molecule has 0 radical (unpaired) electrons. The Bertz CT molecular complexity index is 706. The molecular formula is C18H16N2OS. The van der Waals surface area contributed by atoms with Crippen molar-refractivity contribution in [3.8, 4) is 6.07 Å². The normalized spacial score (nSPS) is 10.7. The van der Waals surface area contributed by atoms with E-state index < -0.39 is 0 Å². The third kappa shape index (κ3) is 3.64. The van der Waals surface area contributed by atoms with E-state index >= 15 is 0 Å². The first-order valence-electron chi connectivity index (χ1n) is 7.10. The highest BCUT2D eigenvalue weighted by Crippen LogP contribution is 2.19. The lowest BCUT2D eigenvalue weighted by Gasteiger charge is -2.21. The average molecular weight is 308 g/mol. The second-order valence-electron chi connectivity index (χ2n) is 5.07. The molecule has 0 spiro atoms. The highest BCUT2D eigenvalue weighted by atomic mass is 32.1. The van der Waals surface area contributed by atoms with Crippen LogP contribution in [-0.2, 0) is 19.6 Å². The molecule has 22 heavy (non-hydrogen) atoms. The van der Waals surface area contributed by atoms with Gasteiger partial charge in [-0.15, -0.1) is 11.3 Å². The zero-order chi connectivity index (χ0) is 15.2. The summed E-state index contributed by atoms with van der Waals surface area (Å²) >= 11 is 1.75. The topological polar surface area (TPSA) is 40.2 Å². The Morgan fingerprint density at radius 1 is 1.00 bits per heavy atom. The van der Waals surface area contributed by atoms with Crippen molar-refractivity contribution in [2.75, 3.05) is 0 Å². The van der Waals surface area contributed by atoms with E-state index in [1.165, 1.54) is 4.88 Å². The van der Waals surface area contributed by atoms with Crippen molar-refractivity contribution in [3.05, 3.63) is 81.9 Å². The number of furan rings is 1. The van der Waals surface area contributed by atoms with E-state index in [2.05, 4.69) is 28.5 Å². The molecule has 0 fully saturated rings. The van der Waals surface area contributed by atoms with Gasteiger partial charge in [0.25, 0.3) is 0 Å². The predicted octanol–water partition coefficient (Wildman–Crippen LogP) is 4.42. The number of thiophene rings is 1. The van der Waals surface area contributed by atoms with Crippen molar-refractivity contribution in [3.63, 3.8) is 0 Å². The van der Waals surface area contributed by atoms with Crippen LogP contribution in [0.1, 0.15) is 21.8 Å². The molecular weight excluding hydrogens is 292 g/mol. The number of benzene rings is 1. The Balaban J connectivity index is 1.80. The molecule has 0 amide bonds. The van der Waals surface area contributed by atoms with Crippen LogP contribution >= 0.6 is 11.3 Å². The zero-order valence-electron chi connectivity index (χ0n) is 12.1. The summed E-state index contributed by atoms with van der Waals surface area (Å²) in [6.45, 7) is 2.30. The van der Waals surface area contributed by atoms with Gasteiger partial charge in [-0.2, -0.15) is 5.26 Å². The molecule has 0 atom stereocenters. The van der Waals surface area contributed by atoms with Gasteiger partial charge >= 0.3 is 0 Å². The van der Waals surface area contributed by atoms with Crippen LogP contribution in [0.3, 0.4) is 0 Å². The first kappa shape index (κ1) is 14.6. The van der Waals surface area contributed by atoms with Crippen LogP contribution in [-0.4, -0.2) is 4.90 Å². The minimum absolute atomic E-state index is 0.725. The first-order valence-corrected chi connectivity index (χ1v) is 7.98. The van der Waals surface area contributed by atoms with Gasteiger partial charge in [-0.05, 0) is 35.2 Å². The summed E-state index contributed by atoms with van der Waals surface area (Å²) in [5.74, 6) is 0.936. The SMILES string of the molecule is N#Cc1ccccc1CN(Cc1ccco1)Cc1cccs1. The molecule has 1 aromatic carbocycles. The van der Waals surface area contributed by atoms with Crippen molar-refractivity contribution < 1.29 is 4.42 Å². The maximum Gasteiger partial charge on any atom is 0.117 e. The van der Waals surface area contributed by atoms with Gasteiger partial charge in [-0.1, -0.05) is 24.3 Å². The Labute approximate surface area is 134 Å². The highest BCUT2D eigenvalue weighted by Gasteiger charge is 2.12. The highest BCUT2D eigenvalue weighted by molar-refractivity contribution is 7.09. The quantitative estimate of drug-likeness (QED) is 0.677. The van der Waals surface area contributed by atoms with Gasteiger partial charge in [-0.3, -0.25) is 4.90 Å².